The van der Waals surface area contributed by atoms with Crippen LogP contribution in [-0.2, 0) is 17.0 Å². The normalized spacial score (nSPS) is 10.6. The lowest BCUT2D eigenvalue weighted by Gasteiger charge is -1.97. The second kappa shape index (κ2) is 6.47. The fourth-order valence-corrected chi connectivity index (χ4v) is 2.13. The van der Waals surface area contributed by atoms with Crippen LogP contribution >= 0.6 is 11.8 Å². The zero-order valence-corrected chi connectivity index (χ0v) is 11.2. The maximum absolute atomic E-state index is 12.7. The fraction of sp³-hybridized carbons (Fsp3) is 0.308. The van der Waals surface area contributed by atoms with Crippen molar-refractivity contribution in [1.29, 1.82) is 0 Å². The number of hydrogen-bond donors (Lipinski definition) is 0. The third-order valence-corrected chi connectivity index (χ3v) is 3.44. The molecule has 6 heteroatoms. The van der Waals surface area contributed by atoms with Gasteiger partial charge >= 0.3 is 0 Å². The number of nitrogens with zero attached hydrogens (tertiary/aromatic N) is 2. The van der Waals surface area contributed by atoms with Crippen molar-refractivity contribution in [2.75, 3.05) is 0 Å². The van der Waals surface area contributed by atoms with Crippen molar-refractivity contribution >= 4 is 17.5 Å². The van der Waals surface area contributed by atoms with Crippen LogP contribution in [0.2, 0.25) is 0 Å². The van der Waals surface area contributed by atoms with Crippen molar-refractivity contribution in [3.8, 4) is 0 Å². The molecule has 4 nitrogen and oxygen atoms in total. The summed E-state index contributed by atoms with van der Waals surface area (Å²) in [5.74, 6) is 1.22. The maximum atomic E-state index is 12.7. The van der Waals surface area contributed by atoms with Crippen LogP contribution in [0, 0.1) is 5.82 Å². The van der Waals surface area contributed by atoms with Gasteiger partial charge in [0.25, 0.3) is 0 Å². The van der Waals surface area contributed by atoms with Crippen molar-refractivity contribution < 1.29 is 13.7 Å². The molecule has 0 N–H and O–H groups in total. The first kappa shape index (κ1) is 13.7. The third-order valence-electron chi connectivity index (χ3n) is 2.43. The van der Waals surface area contributed by atoms with Gasteiger partial charge in [-0.05, 0) is 24.3 Å². The Labute approximate surface area is 114 Å². The molecule has 0 aliphatic carbocycles. The molecule has 0 amide bonds. The molecule has 0 saturated heterocycles. The van der Waals surface area contributed by atoms with E-state index in [4.69, 9.17) is 4.52 Å². The van der Waals surface area contributed by atoms with Gasteiger partial charge in [0, 0.05) is 11.3 Å². The molecule has 19 heavy (non-hydrogen) atoms. The summed E-state index contributed by atoms with van der Waals surface area (Å²) in [5, 5.41) is 3.80. The minimum absolute atomic E-state index is 0.0707. The van der Waals surface area contributed by atoms with E-state index in [1.165, 1.54) is 23.9 Å². The Morgan fingerprint density at radius 2 is 2.11 bits per heavy atom. The van der Waals surface area contributed by atoms with E-state index in [9.17, 15) is 9.18 Å². The van der Waals surface area contributed by atoms with Crippen LogP contribution in [0.1, 0.15) is 25.1 Å². The monoisotopic (exact) mass is 280 g/mol. The molecule has 0 aliphatic rings. The molecular formula is C13H13FN2O2S. The van der Waals surface area contributed by atoms with Gasteiger partial charge in [-0.25, -0.2) is 4.39 Å². The molecule has 0 atom stereocenters. The number of carbonyl (C=O) groups is 1. The minimum Gasteiger partial charge on any atom is -0.339 e. The Bertz CT molecular complexity index is 554. The number of rotatable bonds is 6. The molecule has 1 aromatic heterocycles. The molecule has 100 valence electrons. The Morgan fingerprint density at radius 1 is 1.37 bits per heavy atom. The first-order chi connectivity index (χ1) is 9.17. The standard InChI is InChI=1S/C13H13FN2O2S/c1-2-10(17)7-13-15-12(16-18-13)8-19-11-5-3-9(14)4-6-11/h3-6H,2,7-8H2,1H3. The third kappa shape index (κ3) is 4.17. The summed E-state index contributed by atoms with van der Waals surface area (Å²) in [6.45, 7) is 1.80. The smallest absolute Gasteiger partial charge is 0.234 e. The number of aromatic nitrogens is 2. The zero-order chi connectivity index (χ0) is 13.7. The van der Waals surface area contributed by atoms with Gasteiger partial charge in [0.1, 0.15) is 11.6 Å². The topological polar surface area (TPSA) is 56.0 Å². The summed E-state index contributed by atoms with van der Waals surface area (Å²) in [6, 6.07) is 6.21. The zero-order valence-electron chi connectivity index (χ0n) is 10.4. The van der Waals surface area contributed by atoms with Crippen LogP contribution < -0.4 is 0 Å². The van der Waals surface area contributed by atoms with Crippen LogP contribution in [0.3, 0.4) is 0 Å². The summed E-state index contributed by atoms with van der Waals surface area (Å²) in [6.07, 6.45) is 0.646. The van der Waals surface area contributed by atoms with Crippen LogP contribution in [0.15, 0.2) is 33.7 Å². The Hall–Kier alpha value is -1.69. The van der Waals surface area contributed by atoms with Crippen molar-refractivity contribution in [2.45, 2.75) is 30.4 Å². The summed E-state index contributed by atoms with van der Waals surface area (Å²) < 4.78 is 17.7. The van der Waals surface area contributed by atoms with Crippen molar-refractivity contribution in [3.05, 3.63) is 41.8 Å². The highest BCUT2D eigenvalue weighted by atomic mass is 32.2. The Morgan fingerprint density at radius 3 is 2.79 bits per heavy atom. The highest BCUT2D eigenvalue weighted by Gasteiger charge is 2.10. The largest absolute Gasteiger partial charge is 0.339 e. The number of benzene rings is 1. The molecule has 2 aromatic rings. The van der Waals surface area contributed by atoms with Gasteiger partial charge in [0.05, 0.1) is 12.2 Å². The van der Waals surface area contributed by atoms with Crippen LogP contribution in [0.4, 0.5) is 4.39 Å². The average Bonchev–Trinajstić information content (AvgIpc) is 2.85. The molecule has 0 aliphatic heterocycles. The lowest BCUT2D eigenvalue weighted by atomic mass is 10.2. The fourth-order valence-electron chi connectivity index (χ4n) is 1.39. The number of halogens is 1. The van der Waals surface area contributed by atoms with Crippen LogP contribution in [0.5, 0.6) is 0 Å². The van der Waals surface area contributed by atoms with E-state index in [-0.39, 0.29) is 18.0 Å². The molecule has 0 bridgehead atoms. The van der Waals surface area contributed by atoms with Gasteiger partial charge in [-0.2, -0.15) is 4.98 Å². The highest BCUT2D eigenvalue weighted by Crippen LogP contribution is 2.21. The molecule has 0 unspecified atom stereocenters. The number of carbonyl (C=O) groups excluding carboxylic acids is 1. The van der Waals surface area contributed by atoms with E-state index < -0.39 is 0 Å². The van der Waals surface area contributed by atoms with Crippen LogP contribution in [0.25, 0.3) is 0 Å². The molecule has 0 fully saturated rings. The lowest BCUT2D eigenvalue weighted by molar-refractivity contribution is -0.118. The van der Waals surface area contributed by atoms with E-state index in [1.54, 1.807) is 19.1 Å². The first-order valence-electron chi connectivity index (χ1n) is 5.89. The van der Waals surface area contributed by atoms with Gasteiger partial charge in [0.2, 0.25) is 5.89 Å². The second-order valence-electron chi connectivity index (χ2n) is 3.92. The SMILES string of the molecule is CCC(=O)Cc1nc(CSc2ccc(F)cc2)no1. The first-order valence-corrected chi connectivity index (χ1v) is 6.87. The molecule has 0 radical (unpaired) electrons. The van der Waals surface area contributed by atoms with Crippen LogP contribution in [-0.4, -0.2) is 15.9 Å². The van der Waals surface area contributed by atoms with Crippen molar-refractivity contribution in [3.63, 3.8) is 0 Å². The van der Waals surface area contributed by atoms with Gasteiger partial charge in [-0.15, -0.1) is 11.8 Å². The molecule has 1 aromatic carbocycles. The summed E-state index contributed by atoms with van der Waals surface area (Å²) in [7, 11) is 0. The van der Waals surface area contributed by atoms with Crippen molar-refractivity contribution in [1.82, 2.24) is 10.1 Å². The maximum Gasteiger partial charge on any atom is 0.234 e. The van der Waals surface area contributed by atoms with E-state index >= 15 is 0 Å². The average molecular weight is 280 g/mol. The molecule has 2 rings (SSSR count). The van der Waals surface area contributed by atoms with E-state index in [2.05, 4.69) is 10.1 Å². The molecule has 0 spiro atoms. The summed E-state index contributed by atoms with van der Waals surface area (Å²) in [5.41, 5.74) is 0. The molecule has 0 saturated carbocycles. The summed E-state index contributed by atoms with van der Waals surface area (Å²) >= 11 is 1.48. The van der Waals surface area contributed by atoms with Crippen molar-refractivity contribution in [2.24, 2.45) is 0 Å². The number of ketones is 1. The minimum atomic E-state index is -0.260. The lowest BCUT2D eigenvalue weighted by Crippen LogP contribution is -2.00. The van der Waals surface area contributed by atoms with Gasteiger partial charge in [-0.3, -0.25) is 4.79 Å². The second-order valence-corrected chi connectivity index (χ2v) is 4.96. The Balaban J connectivity index is 1.89. The number of Topliss-reactive ketones (excluding diaryl/α,β-unsaturated/α-hetero) is 1. The van der Waals surface area contributed by atoms with E-state index in [0.717, 1.165) is 4.90 Å². The quantitative estimate of drug-likeness (QED) is 0.761. The summed E-state index contributed by atoms with van der Waals surface area (Å²) in [4.78, 5) is 16.3. The van der Waals surface area contributed by atoms with Gasteiger partial charge in [-0.1, -0.05) is 12.1 Å². The highest BCUT2D eigenvalue weighted by molar-refractivity contribution is 7.98. The number of thioether (sulfide) groups is 1. The van der Waals surface area contributed by atoms with Gasteiger partial charge < -0.3 is 4.52 Å². The van der Waals surface area contributed by atoms with Gasteiger partial charge in [0.15, 0.2) is 5.82 Å². The molecule has 1 heterocycles. The predicted molar refractivity (Wildman–Crippen MR) is 69.3 cm³/mol. The predicted octanol–water partition coefficient (Wildman–Crippen LogP) is 3.02. The molecular weight excluding hydrogens is 267 g/mol. The number of hydrogen-bond acceptors (Lipinski definition) is 5. The van der Waals surface area contributed by atoms with E-state index in [0.29, 0.717) is 23.9 Å². The van der Waals surface area contributed by atoms with E-state index in [1.807, 2.05) is 0 Å². The Kier molecular flexibility index (Phi) is 4.68.